The number of amides is 1. The summed E-state index contributed by atoms with van der Waals surface area (Å²) in [7, 11) is 3.52. The number of aromatic nitrogens is 3. The van der Waals surface area contributed by atoms with Gasteiger partial charge in [-0.2, -0.15) is 5.10 Å². The lowest BCUT2D eigenvalue weighted by Gasteiger charge is -2.08. The van der Waals surface area contributed by atoms with E-state index >= 15 is 0 Å². The van der Waals surface area contributed by atoms with E-state index in [2.05, 4.69) is 15.5 Å². The van der Waals surface area contributed by atoms with E-state index in [-0.39, 0.29) is 17.7 Å². The zero-order chi connectivity index (χ0) is 16.4. The Balaban J connectivity index is 1.52. The summed E-state index contributed by atoms with van der Waals surface area (Å²) >= 11 is 5.07. The Labute approximate surface area is 139 Å². The second-order valence-electron chi connectivity index (χ2n) is 5.74. The van der Waals surface area contributed by atoms with Crippen molar-refractivity contribution in [3.63, 3.8) is 0 Å². The van der Waals surface area contributed by atoms with Gasteiger partial charge < -0.3 is 14.6 Å². The first-order valence-electron chi connectivity index (χ1n) is 7.62. The van der Waals surface area contributed by atoms with Crippen molar-refractivity contribution >= 4 is 18.1 Å². The molecule has 1 fully saturated rings. The molecule has 0 radical (unpaired) electrons. The topological polar surface area (TPSA) is 71.9 Å². The molecule has 1 amide bonds. The van der Waals surface area contributed by atoms with Crippen LogP contribution in [0.25, 0.3) is 0 Å². The number of benzene rings is 1. The van der Waals surface area contributed by atoms with Gasteiger partial charge in [-0.25, -0.2) is 0 Å². The van der Waals surface area contributed by atoms with Crippen molar-refractivity contribution in [3.05, 3.63) is 40.4 Å². The molecule has 1 aliphatic rings. The average Bonchev–Trinajstić information content (AvgIpc) is 3.31. The number of carbonyl (C=O) groups is 1. The maximum Gasteiger partial charge on any atom is 0.223 e. The number of nitrogens with zero attached hydrogens (tertiary/aromatic N) is 2. The van der Waals surface area contributed by atoms with Crippen LogP contribution in [-0.2, 0) is 18.3 Å². The lowest BCUT2D eigenvalue weighted by molar-refractivity contribution is -0.122. The molecule has 2 aromatic rings. The van der Waals surface area contributed by atoms with Crippen molar-refractivity contribution in [3.8, 4) is 5.75 Å². The minimum atomic E-state index is 0.0359. The van der Waals surface area contributed by atoms with Gasteiger partial charge in [-0.15, -0.1) is 0 Å². The van der Waals surface area contributed by atoms with Crippen LogP contribution in [0.2, 0.25) is 0 Å². The molecule has 1 saturated carbocycles. The first-order valence-corrected chi connectivity index (χ1v) is 8.03. The zero-order valence-corrected chi connectivity index (χ0v) is 14.0. The van der Waals surface area contributed by atoms with Crippen LogP contribution >= 0.6 is 12.2 Å². The van der Waals surface area contributed by atoms with Crippen molar-refractivity contribution in [1.82, 2.24) is 20.1 Å². The molecule has 0 saturated heterocycles. The molecule has 1 aliphatic carbocycles. The molecule has 122 valence electrons. The molecule has 0 spiro atoms. The summed E-state index contributed by atoms with van der Waals surface area (Å²) in [4.78, 5) is 12.3. The molecule has 1 aromatic carbocycles. The van der Waals surface area contributed by atoms with Crippen LogP contribution < -0.4 is 10.1 Å². The summed E-state index contributed by atoms with van der Waals surface area (Å²) in [5.74, 6) is 2.08. The van der Waals surface area contributed by atoms with Crippen LogP contribution in [0.4, 0.5) is 0 Å². The van der Waals surface area contributed by atoms with Crippen molar-refractivity contribution in [1.29, 1.82) is 0 Å². The Hall–Kier alpha value is -2.15. The van der Waals surface area contributed by atoms with E-state index in [1.807, 2.05) is 35.9 Å². The fourth-order valence-corrected chi connectivity index (χ4v) is 2.98. The molecule has 6 nitrogen and oxygen atoms in total. The highest BCUT2D eigenvalue weighted by Crippen LogP contribution is 2.50. The predicted octanol–water partition coefficient (Wildman–Crippen LogP) is 1.95. The van der Waals surface area contributed by atoms with Gasteiger partial charge in [-0.1, -0.05) is 18.2 Å². The molecule has 0 unspecified atom stereocenters. The third-order valence-corrected chi connectivity index (χ3v) is 4.65. The molecular formula is C16H20N4O2S. The molecule has 2 atom stereocenters. The number of methoxy groups -OCH3 is 1. The smallest absolute Gasteiger partial charge is 0.223 e. The fraction of sp³-hybridized carbons (Fsp3) is 0.438. The SMILES string of the molecule is COc1ccccc1[C@@H]1C[C@H]1C(=O)NCCc1n[nH]c(=S)n1C. The second kappa shape index (κ2) is 6.54. The zero-order valence-electron chi connectivity index (χ0n) is 13.2. The van der Waals surface area contributed by atoms with Crippen LogP contribution in [0.3, 0.4) is 0 Å². The molecule has 3 rings (SSSR count). The Bertz CT molecular complexity index is 767. The molecular weight excluding hydrogens is 312 g/mol. The molecule has 0 bridgehead atoms. The molecule has 0 aliphatic heterocycles. The average molecular weight is 332 g/mol. The monoisotopic (exact) mass is 332 g/mol. The van der Waals surface area contributed by atoms with Gasteiger partial charge in [-0.3, -0.25) is 9.89 Å². The summed E-state index contributed by atoms with van der Waals surface area (Å²) in [6, 6.07) is 7.89. The highest BCUT2D eigenvalue weighted by molar-refractivity contribution is 7.71. The summed E-state index contributed by atoms with van der Waals surface area (Å²) < 4.78 is 7.78. The van der Waals surface area contributed by atoms with Crippen LogP contribution in [0.1, 0.15) is 23.7 Å². The van der Waals surface area contributed by atoms with Gasteiger partial charge in [-0.05, 0) is 36.2 Å². The lowest BCUT2D eigenvalue weighted by Crippen LogP contribution is -2.28. The maximum atomic E-state index is 12.3. The van der Waals surface area contributed by atoms with E-state index < -0.39 is 0 Å². The van der Waals surface area contributed by atoms with Crippen LogP contribution in [0.15, 0.2) is 24.3 Å². The van der Waals surface area contributed by atoms with Crippen LogP contribution in [-0.4, -0.2) is 34.3 Å². The summed E-state index contributed by atoms with van der Waals surface area (Å²) in [6.07, 6.45) is 1.53. The van der Waals surface area contributed by atoms with Gasteiger partial charge in [0.25, 0.3) is 0 Å². The van der Waals surface area contributed by atoms with Crippen molar-refractivity contribution in [2.24, 2.45) is 13.0 Å². The van der Waals surface area contributed by atoms with Gasteiger partial charge >= 0.3 is 0 Å². The molecule has 1 aromatic heterocycles. The minimum absolute atomic E-state index is 0.0359. The van der Waals surface area contributed by atoms with Crippen molar-refractivity contribution in [2.45, 2.75) is 18.8 Å². The lowest BCUT2D eigenvalue weighted by atomic mass is 10.1. The second-order valence-corrected chi connectivity index (χ2v) is 6.12. The number of aromatic amines is 1. The normalized spacial score (nSPS) is 19.4. The van der Waals surface area contributed by atoms with E-state index in [0.717, 1.165) is 23.6 Å². The first-order chi connectivity index (χ1) is 11.1. The van der Waals surface area contributed by atoms with Crippen molar-refractivity contribution < 1.29 is 9.53 Å². The Morgan fingerprint density at radius 1 is 1.52 bits per heavy atom. The Morgan fingerprint density at radius 2 is 2.30 bits per heavy atom. The third-order valence-electron chi connectivity index (χ3n) is 4.29. The summed E-state index contributed by atoms with van der Waals surface area (Å²) in [5.41, 5.74) is 1.12. The molecule has 1 heterocycles. The van der Waals surface area contributed by atoms with Gasteiger partial charge in [0.1, 0.15) is 11.6 Å². The van der Waals surface area contributed by atoms with E-state index in [1.165, 1.54) is 0 Å². The van der Waals surface area contributed by atoms with Gasteiger partial charge in [0.2, 0.25) is 5.91 Å². The van der Waals surface area contributed by atoms with Gasteiger partial charge in [0.05, 0.1) is 7.11 Å². The standard InChI is InChI=1S/C16H20N4O2S/c1-20-14(18-19-16(20)23)7-8-17-15(21)12-9-11(12)10-5-3-4-6-13(10)22-2/h3-6,11-12H,7-9H2,1-2H3,(H,17,21)(H,19,23)/t11-,12+/m0/s1. The number of ether oxygens (including phenoxy) is 1. The molecule has 23 heavy (non-hydrogen) atoms. The summed E-state index contributed by atoms with van der Waals surface area (Å²) in [5, 5.41) is 9.86. The first kappa shape index (κ1) is 15.7. The van der Waals surface area contributed by atoms with Crippen molar-refractivity contribution in [2.75, 3.05) is 13.7 Å². The number of carbonyl (C=O) groups excluding carboxylic acids is 1. The van der Waals surface area contributed by atoms with Gasteiger partial charge in [0.15, 0.2) is 4.77 Å². The van der Waals surface area contributed by atoms with Crippen LogP contribution in [0.5, 0.6) is 5.75 Å². The number of rotatable bonds is 6. The highest BCUT2D eigenvalue weighted by Gasteiger charge is 2.45. The largest absolute Gasteiger partial charge is 0.496 e. The highest BCUT2D eigenvalue weighted by atomic mass is 32.1. The maximum absolute atomic E-state index is 12.3. The van der Waals surface area contributed by atoms with Gasteiger partial charge in [0, 0.05) is 25.9 Å². The number of H-pyrrole nitrogens is 1. The summed E-state index contributed by atoms with van der Waals surface area (Å²) in [6.45, 7) is 0.557. The van der Waals surface area contributed by atoms with E-state index in [0.29, 0.717) is 17.7 Å². The van der Waals surface area contributed by atoms with E-state index in [4.69, 9.17) is 17.0 Å². The Kier molecular flexibility index (Phi) is 4.47. The predicted molar refractivity (Wildman–Crippen MR) is 88.9 cm³/mol. The molecule has 7 heteroatoms. The third kappa shape index (κ3) is 3.29. The molecule has 2 N–H and O–H groups in total. The quantitative estimate of drug-likeness (QED) is 0.793. The number of para-hydroxylation sites is 1. The number of nitrogens with one attached hydrogen (secondary N) is 2. The minimum Gasteiger partial charge on any atom is -0.496 e. The van der Waals surface area contributed by atoms with Crippen LogP contribution in [0, 0.1) is 10.7 Å². The number of hydrogen-bond acceptors (Lipinski definition) is 4. The Morgan fingerprint density at radius 3 is 3.00 bits per heavy atom. The fourth-order valence-electron chi connectivity index (χ4n) is 2.83. The van der Waals surface area contributed by atoms with E-state index in [9.17, 15) is 4.79 Å². The number of hydrogen-bond donors (Lipinski definition) is 2. The van der Waals surface area contributed by atoms with E-state index in [1.54, 1.807) is 7.11 Å².